The Bertz CT molecular complexity index is 1310. The number of esters is 3. The van der Waals surface area contributed by atoms with Gasteiger partial charge in [0.05, 0.1) is 0 Å². The summed E-state index contributed by atoms with van der Waals surface area (Å²) in [6.45, 7) is 6.41. The van der Waals surface area contributed by atoms with E-state index >= 15 is 0 Å². The van der Waals surface area contributed by atoms with E-state index in [1.165, 1.54) is 77.0 Å². The normalized spacial score (nSPS) is 12.8. The summed E-state index contributed by atoms with van der Waals surface area (Å²) < 4.78 is 16.8. The summed E-state index contributed by atoms with van der Waals surface area (Å²) in [5.41, 5.74) is 0. The molecule has 0 spiro atoms. The van der Waals surface area contributed by atoms with E-state index in [9.17, 15) is 14.4 Å². The third-order valence-corrected chi connectivity index (χ3v) is 11.0. The van der Waals surface area contributed by atoms with Crippen LogP contribution in [0.3, 0.4) is 0 Å². The Morgan fingerprint density at radius 2 is 0.615 bits per heavy atom. The van der Waals surface area contributed by atoms with Crippen molar-refractivity contribution in [2.45, 2.75) is 245 Å². The van der Waals surface area contributed by atoms with Crippen LogP contribution in [0.5, 0.6) is 0 Å². The first-order valence-electron chi connectivity index (χ1n) is 26.7. The second-order valence-corrected chi connectivity index (χ2v) is 17.4. The maximum atomic E-state index is 12.8. The largest absolute Gasteiger partial charge is 0.462 e. The molecule has 0 heterocycles. The summed E-state index contributed by atoms with van der Waals surface area (Å²) >= 11 is 0. The molecule has 0 saturated heterocycles. The molecule has 0 bridgehead atoms. The number of hydrogen-bond acceptors (Lipinski definition) is 6. The number of rotatable bonds is 47. The summed E-state index contributed by atoms with van der Waals surface area (Å²) in [5.74, 6) is -0.949. The van der Waals surface area contributed by atoms with Crippen molar-refractivity contribution >= 4 is 17.9 Å². The van der Waals surface area contributed by atoms with Gasteiger partial charge in [-0.2, -0.15) is 0 Å². The third kappa shape index (κ3) is 51.2. The first kappa shape index (κ1) is 61.3. The molecule has 0 aromatic rings. The van der Waals surface area contributed by atoms with Crippen molar-refractivity contribution in [3.63, 3.8) is 0 Å². The quantitative estimate of drug-likeness (QED) is 0.0262. The highest BCUT2D eigenvalue weighted by Gasteiger charge is 2.19. The van der Waals surface area contributed by atoms with Crippen molar-refractivity contribution in [1.82, 2.24) is 0 Å². The summed E-state index contributed by atoms with van der Waals surface area (Å²) in [7, 11) is 0. The van der Waals surface area contributed by atoms with Gasteiger partial charge in [0.15, 0.2) is 6.10 Å². The summed E-state index contributed by atoms with van der Waals surface area (Å²) in [6.07, 6.45) is 69.6. The van der Waals surface area contributed by atoms with Crippen molar-refractivity contribution in [3.8, 4) is 0 Å². The Morgan fingerprint density at radius 3 is 1.02 bits per heavy atom. The lowest BCUT2D eigenvalue weighted by Crippen LogP contribution is -2.30. The van der Waals surface area contributed by atoms with Crippen LogP contribution in [0.15, 0.2) is 97.2 Å². The summed E-state index contributed by atoms with van der Waals surface area (Å²) in [6, 6.07) is 0. The molecule has 0 unspecified atom stereocenters. The van der Waals surface area contributed by atoms with Crippen LogP contribution in [-0.4, -0.2) is 37.2 Å². The maximum Gasteiger partial charge on any atom is 0.306 e. The Balaban J connectivity index is 4.45. The monoisotopic (exact) mass is 903 g/mol. The van der Waals surface area contributed by atoms with Gasteiger partial charge in [0, 0.05) is 19.3 Å². The Morgan fingerprint density at radius 1 is 0.323 bits per heavy atom. The lowest BCUT2D eigenvalue weighted by molar-refractivity contribution is -0.167. The molecule has 0 aromatic heterocycles. The van der Waals surface area contributed by atoms with E-state index in [4.69, 9.17) is 14.2 Å². The fraction of sp³-hybridized carbons (Fsp3) is 0.678. The molecule has 0 radical (unpaired) electrons. The molecule has 6 nitrogen and oxygen atoms in total. The van der Waals surface area contributed by atoms with Crippen molar-refractivity contribution < 1.29 is 28.6 Å². The molecule has 6 heteroatoms. The average molecular weight is 903 g/mol. The molecule has 0 saturated carbocycles. The number of carbonyl (C=O) groups excluding carboxylic acids is 3. The molecule has 1 atom stereocenters. The fourth-order valence-electron chi connectivity index (χ4n) is 7.01. The number of ether oxygens (including phenoxy) is 3. The van der Waals surface area contributed by atoms with E-state index in [1.54, 1.807) is 0 Å². The minimum atomic E-state index is -0.799. The standard InChI is InChI=1S/C59H98O6/c1-4-7-10-13-16-19-22-24-26-28-29-31-32-34-37-40-43-46-49-52-58(61)64-55-56(54-63-57(60)51-48-45-42-39-36-21-18-15-12-9-6-3)65-59(62)53-50-47-44-41-38-35-33-30-27-25-23-20-17-14-11-8-5-2/h7,10,15-20,24-27,29,31,34,37,56H,4-6,8-9,11-14,21-23,28,30,32-33,35-36,38-55H2,1-3H3/b10-7-,18-15-,19-16-,20-17-,26-24-,27-25-,31-29-,37-34-/t56-/m0/s1. The summed E-state index contributed by atoms with van der Waals surface area (Å²) in [4.78, 5) is 38.0. The zero-order valence-corrected chi connectivity index (χ0v) is 42.2. The molecule has 65 heavy (non-hydrogen) atoms. The SMILES string of the molecule is CC/C=C\C/C=C\C/C=C\C/C=C\C/C=C\CCCCCC(=O)OC[C@H](COC(=O)CCCCCCC/C=C\CCCC)OC(=O)CCCCCCCCC/C=C\C/C=C\CCCCC. The number of unbranched alkanes of at least 4 members (excludes halogenated alkanes) is 20. The zero-order chi connectivity index (χ0) is 47.2. The maximum absolute atomic E-state index is 12.8. The van der Waals surface area contributed by atoms with Crippen molar-refractivity contribution in [2.24, 2.45) is 0 Å². The van der Waals surface area contributed by atoms with Crippen LogP contribution >= 0.6 is 0 Å². The second kappa shape index (κ2) is 52.9. The molecule has 0 aliphatic rings. The van der Waals surface area contributed by atoms with Crippen LogP contribution < -0.4 is 0 Å². The molecule has 0 rings (SSSR count). The first-order valence-corrected chi connectivity index (χ1v) is 26.7. The van der Waals surface area contributed by atoms with Gasteiger partial charge < -0.3 is 14.2 Å². The van der Waals surface area contributed by atoms with Crippen molar-refractivity contribution in [1.29, 1.82) is 0 Å². The molecular weight excluding hydrogens is 805 g/mol. The van der Waals surface area contributed by atoms with Gasteiger partial charge in [0.1, 0.15) is 13.2 Å². The third-order valence-electron chi connectivity index (χ3n) is 11.0. The number of hydrogen-bond donors (Lipinski definition) is 0. The summed E-state index contributed by atoms with van der Waals surface area (Å²) in [5, 5.41) is 0. The Labute approximate surface area is 400 Å². The lowest BCUT2D eigenvalue weighted by Gasteiger charge is -2.18. The van der Waals surface area contributed by atoms with Crippen LogP contribution in [-0.2, 0) is 28.6 Å². The highest BCUT2D eigenvalue weighted by Crippen LogP contribution is 2.13. The van der Waals surface area contributed by atoms with E-state index in [-0.39, 0.29) is 31.1 Å². The van der Waals surface area contributed by atoms with E-state index in [2.05, 4.69) is 118 Å². The van der Waals surface area contributed by atoms with Gasteiger partial charge in [-0.15, -0.1) is 0 Å². The highest BCUT2D eigenvalue weighted by molar-refractivity contribution is 5.71. The van der Waals surface area contributed by atoms with Crippen LogP contribution in [0.1, 0.15) is 239 Å². The van der Waals surface area contributed by atoms with Gasteiger partial charge in [-0.05, 0) is 116 Å². The van der Waals surface area contributed by atoms with Gasteiger partial charge >= 0.3 is 17.9 Å². The molecule has 0 aliphatic heterocycles. The van der Waals surface area contributed by atoms with Crippen LogP contribution in [0, 0.1) is 0 Å². The Hall–Kier alpha value is -3.67. The van der Waals surface area contributed by atoms with Crippen molar-refractivity contribution in [3.05, 3.63) is 97.2 Å². The van der Waals surface area contributed by atoms with Crippen LogP contribution in [0.4, 0.5) is 0 Å². The molecule has 0 N–H and O–H groups in total. The fourth-order valence-corrected chi connectivity index (χ4v) is 7.01. The van der Waals surface area contributed by atoms with Gasteiger partial charge in [-0.1, -0.05) is 201 Å². The highest BCUT2D eigenvalue weighted by atomic mass is 16.6. The molecule has 0 amide bonds. The number of allylic oxidation sites excluding steroid dienone is 16. The molecular formula is C59H98O6. The molecule has 0 aliphatic carbocycles. The van der Waals surface area contributed by atoms with Crippen LogP contribution in [0.25, 0.3) is 0 Å². The second-order valence-electron chi connectivity index (χ2n) is 17.4. The lowest BCUT2D eigenvalue weighted by atomic mass is 10.1. The van der Waals surface area contributed by atoms with E-state index in [0.29, 0.717) is 19.3 Å². The smallest absolute Gasteiger partial charge is 0.306 e. The van der Waals surface area contributed by atoms with E-state index < -0.39 is 6.10 Å². The average Bonchev–Trinajstić information content (AvgIpc) is 3.30. The molecule has 0 aromatic carbocycles. The van der Waals surface area contributed by atoms with Gasteiger partial charge in [-0.3, -0.25) is 14.4 Å². The predicted octanol–water partition coefficient (Wildman–Crippen LogP) is 17.8. The van der Waals surface area contributed by atoms with Crippen molar-refractivity contribution in [2.75, 3.05) is 13.2 Å². The first-order chi connectivity index (χ1) is 32.0. The van der Waals surface area contributed by atoms with Crippen LogP contribution in [0.2, 0.25) is 0 Å². The molecule has 0 fully saturated rings. The van der Waals surface area contributed by atoms with E-state index in [1.807, 2.05) is 0 Å². The molecule has 370 valence electrons. The van der Waals surface area contributed by atoms with Gasteiger partial charge in [0.2, 0.25) is 0 Å². The zero-order valence-electron chi connectivity index (χ0n) is 42.2. The topological polar surface area (TPSA) is 78.9 Å². The predicted molar refractivity (Wildman–Crippen MR) is 279 cm³/mol. The van der Waals surface area contributed by atoms with Gasteiger partial charge in [-0.25, -0.2) is 0 Å². The minimum Gasteiger partial charge on any atom is -0.462 e. The minimum absolute atomic E-state index is 0.0968. The number of carbonyl (C=O) groups is 3. The van der Waals surface area contributed by atoms with E-state index in [0.717, 1.165) is 122 Å². The van der Waals surface area contributed by atoms with Gasteiger partial charge in [0.25, 0.3) is 0 Å². The Kier molecular flexibility index (Phi) is 50.0.